The first-order chi connectivity index (χ1) is 11.0. The molecule has 0 fully saturated rings. The molecule has 0 aliphatic heterocycles. The van der Waals surface area contributed by atoms with Gasteiger partial charge < -0.3 is 26.8 Å². The largest absolute Gasteiger partial charge is 0.395 e. The van der Waals surface area contributed by atoms with E-state index in [1.807, 2.05) is 0 Å². The maximum atomic E-state index is 8.73. The van der Waals surface area contributed by atoms with Crippen molar-refractivity contribution in [2.75, 3.05) is 19.8 Å². The Morgan fingerprint density at radius 1 is 0.783 bits per heavy atom. The molecule has 0 aromatic carbocycles. The first-order valence-corrected chi connectivity index (χ1v) is 9.36. The molecule has 0 saturated carbocycles. The molecule has 5 nitrogen and oxygen atoms in total. The van der Waals surface area contributed by atoms with Crippen molar-refractivity contribution in [1.82, 2.24) is 0 Å². The van der Waals surface area contributed by atoms with Gasteiger partial charge in [0.05, 0.1) is 25.4 Å². The van der Waals surface area contributed by atoms with Crippen molar-refractivity contribution in [3.8, 4) is 0 Å². The van der Waals surface area contributed by atoms with Crippen molar-refractivity contribution in [2.45, 2.75) is 96.1 Å². The van der Waals surface area contributed by atoms with E-state index in [0.29, 0.717) is 6.42 Å². The normalized spacial score (nSPS) is 12.7. The summed E-state index contributed by atoms with van der Waals surface area (Å²) in [5.74, 6) is 0. The predicted octanol–water partition coefficient (Wildman–Crippen LogP) is 2.31. The zero-order valence-electron chi connectivity index (χ0n) is 15.5. The fourth-order valence-corrected chi connectivity index (χ4v) is 2.19. The van der Waals surface area contributed by atoms with E-state index in [2.05, 4.69) is 13.8 Å². The topological polar surface area (TPSA) is 113 Å². The molecule has 1 atom stereocenters. The lowest BCUT2D eigenvalue weighted by atomic mass is 9.96. The summed E-state index contributed by atoms with van der Waals surface area (Å²) in [6.45, 7) is 4.15. The van der Waals surface area contributed by atoms with Crippen LogP contribution in [0.15, 0.2) is 0 Å². The molecule has 0 saturated heterocycles. The molecule has 0 heterocycles. The molecule has 0 bridgehead atoms. The number of aliphatic hydroxyl groups excluding tert-OH is 3. The van der Waals surface area contributed by atoms with Crippen LogP contribution < -0.4 is 11.5 Å². The van der Waals surface area contributed by atoms with E-state index in [9.17, 15) is 0 Å². The van der Waals surface area contributed by atoms with Crippen molar-refractivity contribution in [3.63, 3.8) is 0 Å². The fraction of sp³-hybridized carbons (Fsp3) is 1.00. The predicted molar refractivity (Wildman–Crippen MR) is 98.3 cm³/mol. The fourth-order valence-electron chi connectivity index (χ4n) is 2.19. The van der Waals surface area contributed by atoms with Gasteiger partial charge in [-0.15, -0.1) is 0 Å². The molecule has 7 N–H and O–H groups in total. The molecule has 0 aliphatic carbocycles. The van der Waals surface area contributed by atoms with Crippen LogP contribution >= 0.6 is 0 Å². The maximum Gasteiger partial charge on any atom is 0.0633 e. The Bertz CT molecular complexity index is 224. The molecule has 0 spiro atoms. The average molecular weight is 335 g/mol. The van der Waals surface area contributed by atoms with E-state index >= 15 is 0 Å². The standard InChI is InChI=1S/C11H25NO.C7H17NO2/c1-2-3-4-5-6-7-8-9-11(12)10-13;1-2-3-4-7(8,5-9)6-10/h11,13H,2-10,12H2,1H3;9-10H,2-6,8H2,1H3. The number of aliphatic hydroxyl groups is 3. The Balaban J connectivity index is 0. The molecule has 1 unspecified atom stereocenters. The van der Waals surface area contributed by atoms with Gasteiger partial charge >= 0.3 is 0 Å². The minimum Gasteiger partial charge on any atom is -0.395 e. The summed E-state index contributed by atoms with van der Waals surface area (Å²) in [4.78, 5) is 0. The molecule has 5 heteroatoms. The monoisotopic (exact) mass is 334 g/mol. The van der Waals surface area contributed by atoms with Crippen molar-refractivity contribution in [1.29, 1.82) is 0 Å². The number of hydrogen-bond donors (Lipinski definition) is 5. The van der Waals surface area contributed by atoms with E-state index in [1.54, 1.807) is 0 Å². The van der Waals surface area contributed by atoms with Gasteiger partial charge in [0.2, 0.25) is 0 Å². The minimum absolute atomic E-state index is 0.00985. The second-order valence-corrected chi connectivity index (χ2v) is 6.63. The van der Waals surface area contributed by atoms with Gasteiger partial charge in [0.1, 0.15) is 0 Å². The molecule has 142 valence electrons. The summed E-state index contributed by atoms with van der Waals surface area (Å²) in [6, 6.07) is 0.00985. The first kappa shape index (κ1) is 25.0. The second kappa shape index (κ2) is 18.1. The Kier molecular flexibility index (Phi) is 19.8. The van der Waals surface area contributed by atoms with Crippen molar-refractivity contribution in [3.05, 3.63) is 0 Å². The van der Waals surface area contributed by atoms with Crippen molar-refractivity contribution >= 4 is 0 Å². The van der Waals surface area contributed by atoms with Crippen molar-refractivity contribution < 1.29 is 15.3 Å². The van der Waals surface area contributed by atoms with E-state index in [1.165, 1.54) is 44.9 Å². The van der Waals surface area contributed by atoms with Crippen LogP contribution in [0.2, 0.25) is 0 Å². The highest BCUT2D eigenvalue weighted by molar-refractivity contribution is 4.81. The van der Waals surface area contributed by atoms with Gasteiger partial charge in [-0.05, 0) is 12.8 Å². The van der Waals surface area contributed by atoms with Gasteiger partial charge in [0.25, 0.3) is 0 Å². The van der Waals surface area contributed by atoms with Gasteiger partial charge in [-0.2, -0.15) is 0 Å². The van der Waals surface area contributed by atoms with Gasteiger partial charge in [-0.3, -0.25) is 0 Å². The van der Waals surface area contributed by atoms with Crippen LogP contribution in [0.25, 0.3) is 0 Å². The summed E-state index contributed by atoms with van der Waals surface area (Å²) in [6.07, 6.45) is 12.9. The molecule has 0 aromatic heterocycles. The van der Waals surface area contributed by atoms with Crippen molar-refractivity contribution in [2.24, 2.45) is 11.5 Å². The third-order valence-electron chi connectivity index (χ3n) is 4.07. The van der Waals surface area contributed by atoms with Gasteiger partial charge in [0, 0.05) is 6.04 Å². The molecular formula is C18H42N2O3. The highest BCUT2D eigenvalue weighted by Crippen LogP contribution is 2.09. The first-order valence-electron chi connectivity index (χ1n) is 9.36. The SMILES string of the molecule is CCCCC(N)(CO)CO.CCCCCCCCCC(N)CO. The second-order valence-electron chi connectivity index (χ2n) is 6.63. The summed E-state index contributed by atoms with van der Waals surface area (Å²) < 4.78 is 0. The number of rotatable bonds is 14. The number of unbranched alkanes of at least 4 members (excludes halogenated alkanes) is 7. The smallest absolute Gasteiger partial charge is 0.0633 e. The Hall–Kier alpha value is -0.200. The van der Waals surface area contributed by atoms with Gasteiger partial charge in [-0.1, -0.05) is 71.6 Å². The molecule has 0 amide bonds. The van der Waals surface area contributed by atoms with E-state index in [4.69, 9.17) is 26.8 Å². The molecule has 0 radical (unpaired) electrons. The van der Waals surface area contributed by atoms with Gasteiger partial charge in [-0.25, -0.2) is 0 Å². The Labute approximate surface area is 143 Å². The van der Waals surface area contributed by atoms with Crippen LogP contribution in [-0.2, 0) is 0 Å². The lowest BCUT2D eigenvalue weighted by Crippen LogP contribution is -2.47. The van der Waals surface area contributed by atoms with Crippen LogP contribution in [0.4, 0.5) is 0 Å². The van der Waals surface area contributed by atoms with Crippen LogP contribution in [0, 0.1) is 0 Å². The quantitative estimate of drug-likeness (QED) is 0.313. The third-order valence-corrected chi connectivity index (χ3v) is 4.07. The van der Waals surface area contributed by atoms with Crippen LogP contribution in [0.1, 0.15) is 84.5 Å². The molecule has 0 rings (SSSR count). The van der Waals surface area contributed by atoms with E-state index < -0.39 is 5.54 Å². The number of nitrogens with two attached hydrogens (primary N) is 2. The summed E-state index contributed by atoms with van der Waals surface area (Å²) >= 11 is 0. The lowest BCUT2D eigenvalue weighted by molar-refractivity contribution is 0.113. The minimum atomic E-state index is -0.754. The molecule has 0 aromatic rings. The average Bonchev–Trinajstić information content (AvgIpc) is 2.59. The highest BCUT2D eigenvalue weighted by Gasteiger charge is 2.21. The Morgan fingerprint density at radius 2 is 1.26 bits per heavy atom. The van der Waals surface area contributed by atoms with E-state index in [-0.39, 0.29) is 25.9 Å². The third kappa shape index (κ3) is 18.0. The van der Waals surface area contributed by atoms with Crippen LogP contribution in [-0.4, -0.2) is 46.7 Å². The summed E-state index contributed by atoms with van der Waals surface area (Å²) in [7, 11) is 0. The van der Waals surface area contributed by atoms with Crippen LogP contribution in [0.5, 0.6) is 0 Å². The molecule has 0 aliphatic rings. The molecular weight excluding hydrogens is 292 g/mol. The summed E-state index contributed by atoms with van der Waals surface area (Å²) in [5, 5.41) is 26.1. The Morgan fingerprint density at radius 3 is 1.70 bits per heavy atom. The van der Waals surface area contributed by atoms with Crippen LogP contribution in [0.3, 0.4) is 0 Å². The zero-order chi connectivity index (χ0) is 18.0. The van der Waals surface area contributed by atoms with E-state index in [0.717, 1.165) is 19.3 Å². The molecule has 23 heavy (non-hydrogen) atoms. The number of hydrogen-bond acceptors (Lipinski definition) is 5. The summed E-state index contributed by atoms with van der Waals surface area (Å²) in [5.41, 5.74) is 10.4. The zero-order valence-corrected chi connectivity index (χ0v) is 15.5. The van der Waals surface area contributed by atoms with Gasteiger partial charge in [0.15, 0.2) is 0 Å². The highest BCUT2D eigenvalue weighted by atomic mass is 16.3. The lowest BCUT2D eigenvalue weighted by Gasteiger charge is -2.23. The maximum absolute atomic E-state index is 8.73.